The summed E-state index contributed by atoms with van der Waals surface area (Å²) in [5.41, 5.74) is 1.63. The van der Waals surface area contributed by atoms with Crippen LogP contribution in [0.5, 0.6) is 0 Å². The van der Waals surface area contributed by atoms with E-state index in [1.807, 2.05) is 24.3 Å². The summed E-state index contributed by atoms with van der Waals surface area (Å²) in [6.45, 7) is 4.97. The number of H-pyrrole nitrogens is 1. The average molecular weight is 275 g/mol. The molecule has 1 aromatic heterocycles. The maximum Gasteiger partial charge on any atom is 0.330 e. The van der Waals surface area contributed by atoms with Crippen LogP contribution >= 0.6 is 0 Å². The van der Waals surface area contributed by atoms with E-state index in [9.17, 15) is 4.79 Å². The highest BCUT2D eigenvalue weighted by molar-refractivity contribution is 5.48. The second-order valence-electron chi connectivity index (χ2n) is 5.32. The zero-order valence-corrected chi connectivity index (χ0v) is 12.1. The van der Waals surface area contributed by atoms with Gasteiger partial charge in [-0.3, -0.25) is 4.57 Å². The third-order valence-corrected chi connectivity index (χ3v) is 3.40. The lowest BCUT2D eigenvalue weighted by Crippen LogP contribution is -2.25. The summed E-state index contributed by atoms with van der Waals surface area (Å²) in [6.07, 6.45) is 4.26. The number of benzene rings is 1. The van der Waals surface area contributed by atoms with Crippen LogP contribution in [-0.4, -0.2) is 28.8 Å². The molecular weight excluding hydrogens is 254 g/mol. The van der Waals surface area contributed by atoms with Gasteiger partial charge in [-0.1, -0.05) is 0 Å². The molecule has 5 nitrogen and oxygen atoms in total. The lowest BCUT2D eigenvalue weighted by atomic mass is 10.1. The van der Waals surface area contributed by atoms with Crippen molar-refractivity contribution in [3.8, 4) is 5.69 Å². The van der Waals surface area contributed by atoms with Crippen LogP contribution in [-0.2, 0) is 4.74 Å². The zero-order valence-electron chi connectivity index (χ0n) is 12.1. The predicted octanol–water partition coefficient (Wildman–Crippen LogP) is 2.39. The molecule has 108 valence electrons. The number of aromatic amines is 1. The summed E-state index contributed by atoms with van der Waals surface area (Å²) < 4.78 is 6.94. The number of ether oxygens (including phenoxy) is 1. The van der Waals surface area contributed by atoms with Crippen LogP contribution in [0.2, 0.25) is 0 Å². The Bertz CT molecular complexity index is 596. The molecule has 0 aliphatic carbocycles. The molecule has 5 heteroatoms. The number of anilines is 1. The SMILES string of the molecule is COC(C)(C)CCNc1ccc(-n2cc[nH]c2=O)cc1. The number of imidazole rings is 1. The van der Waals surface area contributed by atoms with Crippen LogP contribution in [0.3, 0.4) is 0 Å². The van der Waals surface area contributed by atoms with Crippen molar-refractivity contribution in [2.45, 2.75) is 25.9 Å². The molecule has 0 amide bonds. The Balaban J connectivity index is 1.96. The van der Waals surface area contributed by atoms with Gasteiger partial charge in [-0.2, -0.15) is 0 Å². The normalized spacial score (nSPS) is 11.6. The van der Waals surface area contributed by atoms with Crippen LogP contribution in [0.4, 0.5) is 5.69 Å². The number of rotatable bonds is 6. The summed E-state index contributed by atoms with van der Waals surface area (Å²) >= 11 is 0. The van der Waals surface area contributed by atoms with Gasteiger partial charge in [-0.05, 0) is 44.5 Å². The van der Waals surface area contributed by atoms with Gasteiger partial charge in [0, 0.05) is 31.7 Å². The van der Waals surface area contributed by atoms with Gasteiger partial charge in [0.15, 0.2) is 0 Å². The maximum absolute atomic E-state index is 11.5. The highest BCUT2D eigenvalue weighted by atomic mass is 16.5. The number of methoxy groups -OCH3 is 1. The summed E-state index contributed by atoms with van der Waals surface area (Å²) in [7, 11) is 1.73. The molecule has 2 N–H and O–H groups in total. The van der Waals surface area contributed by atoms with Crippen LogP contribution in [0.25, 0.3) is 5.69 Å². The Kier molecular flexibility index (Phi) is 4.29. The van der Waals surface area contributed by atoms with Crippen LogP contribution in [0, 0.1) is 0 Å². The predicted molar refractivity (Wildman–Crippen MR) is 80.6 cm³/mol. The first-order chi connectivity index (χ1) is 9.52. The Labute approximate surface area is 118 Å². The minimum absolute atomic E-state index is 0.120. The second kappa shape index (κ2) is 5.96. The standard InChI is InChI=1S/C15H21N3O2/c1-15(2,20-3)8-9-16-12-4-6-13(7-5-12)18-11-10-17-14(18)19/h4-7,10-11,16H,8-9H2,1-3H3,(H,17,19). The molecule has 2 rings (SSSR count). The molecule has 0 aliphatic heterocycles. The van der Waals surface area contributed by atoms with Crippen molar-refractivity contribution in [1.29, 1.82) is 0 Å². The number of nitrogens with zero attached hydrogens (tertiary/aromatic N) is 1. The molecule has 2 aromatic rings. The fourth-order valence-corrected chi connectivity index (χ4v) is 1.87. The molecule has 0 unspecified atom stereocenters. The highest BCUT2D eigenvalue weighted by Gasteiger charge is 2.15. The van der Waals surface area contributed by atoms with Gasteiger partial charge >= 0.3 is 5.69 Å². The van der Waals surface area contributed by atoms with Crippen LogP contribution < -0.4 is 11.0 Å². The molecule has 0 radical (unpaired) electrons. The van der Waals surface area contributed by atoms with E-state index in [4.69, 9.17) is 4.74 Å². The van der Waals surface area contributed by atoms with Gasteiger partial charge in [0.05, 0.1) is 11.3 Å². The largest absolute Gasteiger partial charge is 0.385 e. The number of aromatic nitrogens is 2. The molecule has 0 aliphatic rings. The van der Waals surface area contributed by atoms with Gasteiger partial charge in [-0.15, -0.1) is 0 Å². The van der Waals surface area contributed by atoms with Crippen molar-refractivity contribution in [3.05, 3.63) is 47.1 Å². The fourth-order valence-electron chi connectivity index (χ4n) is 1.87. The summed E-state index contributed by atoms with van der Waals surface area (Å²) in [5.74, 6) is 0. The zero-order chi connectivity index (χ0) is 14.6. The Morgan fingerprint density at radius 2 is 2.00 bits per heavy atom. The van der Waals surface area contributed by atoms with Crippen molar-refractivity contribution >= 4 is 5.69 Å². The maximum atomic E-state index is 11.5. The van der Waals surface area contributed by atoms with Crippen molar-refractivity contribution in [2.24, 2.45) is 0 Å². The van der Waals surface area contributed by atoms with E-state index < -0.39 is 0 Å². The summed E-state index contributed by atoms with van der Waals surface area (Å²) in [4.78, 5) is 14.1. The molecule has 0 bridgehead atoms. The lowest BCUT2D eigenvalue weighted by molar-refractivity contribution is 0.0185. The third-order valence-electron chi connectivity index (χ3n) is 3.40. The monoisotopic (exact) mass is 275 g/mol. The van der Waals surface area contributed by atoms with Crippen molar-refractivity contribution in [2.75, 3.05) is 19.0 Å². The summed E-state index contributed by atoms with van der Waals surface area (Å²) in [6, 6.07) is 7.77. The van der Waals surface area contributed by atoms with Gasteiger partial charge in [0.2, 0.25) is 0 Å². The summed E-state index contributed by atoms with van der Waals surface area (Å²) in [5, 5.41) is 3.35. The van der Waals surface area contributed by atoms with E-state index >= 15 is 0 Å². The quantitative estimate of drug-likeness (QED) is 0.851. The second-order valence-corrected chi connectivity index (χ2v) is 5.32. The Hall–Kier alpha value is -2.01. The van der Waals surface area contributed by atoms with E-state index in [1.165, 1.54) is 0 Å². The minimum Gasteiger partial charge on any atom is -0.385 e. The molecule has 0 spiro atoms. The van der Waals surface area contributed by atoms with Gasteiger partial charge in [-0.25, -0.2) is 4.79 Å². The first-order valence-corrected chi connectivity index (χ1v) is 6.67. The fraction of sp³-hybridized carbons (Fsp3) is 0.400. The van der Waals surface area contributed by atoms with E-state index in [2.05, 4.69) is 24.1 Å². The van der Waals surface area contributed by atoms with Gasteiger partial charge in [0.25, 0.3) is 0 Å². The van der Waals surface area contributed by atoms with E-state index in [0.717, 1.165) is 24.3 Å². The number of hydrogen-bond donors (Lipinski definition) is 2. The third kappa shape index (κ3) is 3.51. The van der Waals surface area contributed by atoms with Crippen molar-refractivity contribution in [3.63, 3.8) is 0 Å². The molecule has 0 atom stereocenters. The molecule has 1 heterocycles. The smallest absolute Gasteiger partial charge is 0.330 e. The van der Waals surface area contributed by atoms with Gasteiger partial charge in [0.1, 0.15) is 0 Å². The van der Waals surface area contributed by atoms with Crippen molar-refractivity contribution < 1.29 is 4.74 Å². The Morgan fingerprint density at radius 1 is 1.30 bits per heavy atom. The van der Waals surface area contributed by atoms with Crippen molar-refractivity contribution in [1.82, 2.24) is 9.55 Å². The molecule has 1 aromatic carbocycles. The molecular formula is C15H21N3O2. The van der Waals surface area contributed by atoms with Crippen LogP contribution in [0.1, 0.15) is 20.3 Å². The molecule has 0 saturated heterocycles. The average Bonchev–Trinajstić information content (AvgIpc) is 2.86. The number of nitrogens with one attached hydrogen (secondary N) is 2. The number of hydrogen-bond acceptors (Lipinski definition) is 3. The Morgan fingerprint density at radius 3 is 2.55 bits per heavy atom. The van der Waals surface area contributed by atoms with Crippen LogP contribution in [0.15, 0.2) is 41.5 Å². The first kappa shape index (κ1) is 14.4. The minimum atomic E-state index is -0.132. The van der Waals surface area contributed by atoms with E-state index in [1.54, 1.807) is 24.1 Å². The topological polar surface area (TPSA) is 59.0 Å². The first-order valence-electron chi connectivity index (χ1n) is 6.67. The highest BCUT2D eigenvalue weighted by Crippen LogP contribution is 2.15. The molecule has 0 saturated carbocycles. The molecule has 0 fully saturated rings. The van der Waals surface area contributed by atoms with E-state index in [0.29, 0.717) is 0 Å². The van der Waals surface area contributed by atoms with E-state index in [-0.39, 0.29) is 11.3 Å². The van der Waals surface area contributed by atoms with Gasteiger partial charge < -0.3 is 15.0 Å². The molecule has 20 heavy (non-hydrogen) atoms. The lowest BCUT2D eigenvalue weighted by Gasteiger charge is -2.23.